The first-order valence-electron chi connectivity index (χ1n) is 18.6. The van der Waals surface area contributed by atoms with Gasteiger partial charge in [0.2, 0.25) is 11.8 Å². The lowest BCUT2D eigenvalue weighted by Gasteiger charge is -2.23. The number of carbonyl (C=O) groups is 4. The number of anilines is 2. The fourth-order valence-electron chi connectivity index (χ4n) is 7.53. The number of carbonyl (C=O) groups excluding carboxylic acids is 4. The van der Waals surface area contributed by atoms with Crippen LogP contribution in [0.4, 0.5) is 21.0 Å². The van der Waals surface area contributed by atoms with Gasteiger partial charge in [0.05, 0.1) is 10.0 Å². The summed E-state index contributed by atoms with van der Waals surface area (Å²) >= 11 is 23.8. The molecule has 14 heteroatoms. The minimum Gasteiger partial charge on any atom is -0.341 e. The lowest BCUT2D eigenvalue weighted by molar-refractivity contribution is -0.132. The molecule has 4 aliphatic rings. The molecule has 2 aromatic carbocycles. The molecule has 284 valence electrons. The van der Waals surface area contributed by atoms with E-state index >= 15 is 0 Å². The van der Waals surface area contributed by atoms with Gasteiger partial charge in [-0.2, -0.15) is 0 Å². The van der Waals surface area contributed by atoms with Gasteiger partial charge in [-0.25, -0.2) is 9.59 Å². The minimum atomic E-state index is -0.187. The predicted molar refractivity (Wildman–Crippen MR) is 210 cm³/mol. The van der Waals surface area contributed by atoms with Crippen molar-refractivity contribution in [1.29, 1.82) is 0 Å². The molecule has 52 heavy (non-hydrogen) atoms. The van der Waals surface area contributed by atoms with E-state index in [0.717, 1.165) is 25.9 Å². The third-order valence-corrected chi connectivity index (χ3v) is 11.6. The van der Waals surface area contributed by atoms with E-state index in [-0.39, 0.29) is 23.9 Å². The lowest BCUT2D eigenvalue weighted by Crippen LogP contribution is -2.39. The second kappa shape index (κ2) is 20.0. The zero-order valence-electron chi connectivity index (χ0n) is 29.7. The molecule has 0 unspecified atom stereocenters. The number of halogens is 4. The maximum atomic E-state index is 12.5. The summed E-state index contributed by atoms with van der Waals surface area (Å²) in [6, 6.07) is 9.62. The van der Waals surface area contributed by atoms with E-state index in [0.29, 0.717) is 95.4 Å². The average Bonchev–Trinajstić information content (AvgIpc) is 3.67. The summed E-state index contributed by atoms with van der Waals surface area (Å²) in [5, 5.41) is 7.51. The van der Waals surface area contributed by atoms with E-state index in [1.165, 1.54) is 51.4 Å². The van der Waals surface area contributed by atoms with Crippen LogP contribution >= 0.6 is 46.4 Å². The van der Waals surface area contributed by atoms with Crippen molar-refractivity contribution >= 4 is 81.7 Å². The third kappa shape index (κ3) is 12.3. The van der Waals surface area contributed by atoms with Crippen LogP contribution in [-0.4, -0.2) is 95.8 Å². The first-order valence-corrected chi connectivity index (χ1v) is 20.1. The molecular weight excluding hydrogens is 746 g/mol. The Labute approximate surface area is 327 Å². The second-order valence-corrected chi connectivity index (χ2v) is 16.0. The van der Waals surface area contributed by atoms with Crippen molar-refractivity contribution in [3.63, 3.8) is 0 Å². The Hall–Kier alpha value is -2.92. The molecule has 0 bridgehead atoms. The van der Waals surface area contributed by atoms with Crippen LogP contribution in [0.15, 0.2) is 36.4 Å². The highest BCUT2D eigenvalue weighted by Gasteiger charge is 2.27. The highest BCUT2D eigenvalue weighted by atomic mass is 35.5. The second-order valence-electron chi connectivity index (χ2n) is 14.3. The van der Waals surface area contributed by atoms with Crippen molar-refractivity contribution in [2.45, 2.75) is 77.0 Å². The molecule has 2 aromatic rings. The number of nitrogens with zero attached hydrogens (tertiary/aromatic N) is 4. The largest absolute Gasteiger partial charge is 0.341 e. The zero-order chi connectivity index (χ0) is 37.0. The molecule has 2 saturated carbocycles. The molecular formula is C38H50Cl4N6O4. The summed E-state index contributed by atoms with van der Waals surface area (Å²) in [5.41, 5.74) is 1.19. The number of nitrogens with one attached hydrogen (secondary N) is 2. The van der Waals surface area contributed by atoms with Crippen molar-refractivity contribution in [2.75, 3.05) is 63.0 Å². The van der Waals surface area contributed by atoms with Gasteiger partial charge in [0.1, 0.15) is 0 Å². The molecule has 6 amide bonds. The molecule has 2 aliphatic heterocycles. The Bertz CT molecular complexity index is 1530. The Kier molecular flexibility index (Phi) is 15.5. The SMILES string of the molecule is O=C(CC1CCCC1)N1CCCN(C(=O)Nc2cc(Cl)cc(Cl)c2)CC1.O=C(CC1CCCC1)N1CCCN(C(=O)Nc2ccc(Cl)c(Cl)c2)CC1. The van der Waals surface area contributed by atoms with Gasteiger partial charge in [-0.05, 0) is 86.8 Å². The van der Waals surface area contributed by atoms with E-state index in [1.807, 2.05) is 9.80 Å². The number of amides is 6. The highest BCUT2D eigenvalue weighted by Crippen LogP contribution is 2.30. The van der Waals surface area contributed by atoms with Crippen LogP contribution < -0.4 is 10.6 Å². The van der Waals surface area contributed by atoms with Gasteiger partial charge >= 0.3 is 12.1 Å². The molecule has 2 saturated heterocycles. The maximum absolute atomic E-state index is 12.5. The van der Waals surface area contributed by atoms with Crippen molar-refractivity contribution in [3.8, 4) is 0 Å². The molecule has 10 nitrogen and oxygen atoms in total. The topological polar surface area (TPSA) is 105 Å². The maximum Gasteiger partial charge on any atom is 0.321 e. The van der Waals surface area contributed by atoms with Crippen LogP contribution in [-0.2, 0) is 9.59 Å². The summed E-state index contributed by atoms with van der Waals surface area (Å²) in [7, 11) is 0. The van der Waals surface area contributed by atoms with Crippen LogP contribution in [0.1, 0.15) is 77.0 Å². The van der Waals surface area contributed by atoms with Gasteiger partial charge in [0.15, 0.2) is 0 Å². The van der Waals surface area contributed by atoms with Gasteiger partial charge in [0, 0.05) is 86.6 Å². The lowest BCUT2D eigenvalue weighted by atomic mass is 10.0. The van der Waals surface area contributed by atoms with E-state index in [9.17, 15) is 19.2 Å². The summed E-state index contributed by atoms with van der Waals surface area (Å²) in [6.45, 7) is 4.99. The molecule has 0 radical (unpaired) electrons. The fraction of sp³-hybridized carbons (Fsp3) is 0.579. The molecule has 2 N–H and O–H groups in total. The molecule has 6 rings (SSSR count). The zero-order valence-corrected chi connectivity index (χ0v) is 32.7. The number of rotatable bonds is 6. The van der Waals surface area contributed by atoms with E-state index in [4.69, 9.17) is 46.4 Å². The van der Waals surface area contributed by atoms with E-state index in [1.54, 1.807) is 46.2 Å². The Morgan fingerprint density at radius 2 is 0.923 bits per heavy atom. The minimum absolute atomic E-state index is 0.173. The monoisotopic (exact) mass is 794 g/mol. The molecule has 2 aliphatic carbocycles. The van der Waals surface area contributed by atoms with Gasteiger partial charge in [-0.1, -0.05) is 72.1 Å². The Morgan fingerprint density at radius 1 is 0.500 bits per heavy atom. The van der Waals surface area contributed by atoms with Crippen LogP contribution in [0.25, 0.3) is 0 Å². The number of hydrogen-bond acceptors (Lipinski definition) is 4. The molecule has 4 fully saturated rings. The number of urea groups is 2. The Morgan fingerprint density at radius 3 is 1.38 bits per heavy atom. The number of hydrogen-bond donors (Lipinski definition) is 2. The van der Waals surface area contributed by atoms with Gasteiger partial charge < -0.3 is 30.2 Å². The highest BCUT2D eigenvalue weighted by molar-refractivity contribution is 6.42. The summed E-state index contributed by atoms with van der Waals surface area (Å²) in [6.07, 6.45) is 12.6. The molecule has 0 spiro atoms. The average molecular weight is 797 g/mol. The summed E-state index contributed by atoms with van der Waals surface area (Å²) < 4.78 is 0. The molecule has 0 aromatic heterocycles. The van der Waals surface area contributed by atoms with Crippen LogP contribution in [0.2, 0.25) is 20.1 Å². The van der Waals surface area contributed by atoms with Crippen molar-refractivity contribution in [3.05, 3.63) is 56.5 Å². The smallest absolute Gasteiger partial charge is 0.321 e. The summed E-state index contributed by atoms with van der Waals surface area (Å²) in [4.78, 5) is 57.4. The molecule has 2 heterocycles. The standard InChI is InChI=1S/2C19H25Cl2N3O2/c20-16-7-6-15(13-17(16)21)22-19(26)24-9-3-8-23(10-11-24)18(25)12-14-4-1-2-5-14;20-15-11-16(21)13-17(12-15)22-19(26)24-7-3-6-23(8-9-24)18(25)10-14-4-1-2-5-14/h6-7,13-14H,1-5,8-12H2,(H,22,26);11-14H,1-10H2,(H,22,26). The van der Waals surface area contributed by atoms with E-state index in [2.05, 4.69) is 10.6 Å². The van der Waals surface area contributed by atoms with Crippen molar-refractivity contribution < 1.29 is 19.2 Å². The Balaban J connectivity index is 0.000000201. The first kappa shape index (κ1) is 40.3. The first-order chi connectivity index (χ1) is 25.0. The van der Waals surface area contributed by atoms with Gasteiger partial charge in [-0.3, -0.25) is 9.59 Å². The normalized spacial score (nSPS) is 18.7. The van der Waals surface area contributed by atoms with Crippen molar-refractivity contribution in [2.24, 2.45) is 11.8 Å². The number of benzene rings is 2. The third-order valence-electron chi connectivity index (χ3n) is 10.4. The van der Waals surface area contributed by atoms with Gasteiger partial charge in [-0.15, -0.1) is 0 Å². The summed E-state index contributed by atoms with van der Waals surface area (Å²) in [5.74, 6) is 1.59. The van der Waals surface area contributed by atoms with E-state index < -0.39 is 0 Å². The quantitative estimate of drug-likeness (QED) is 0.304. The van der Waals surface area contributed by atoms with Gasteiger partial charge in [0.25, 0.3) is 0 Å². The molecule has 0 atom stereocenters. The van der Waals surface area contributed by atoms with Crippen molar-refractivity contribution in [1.82, 2.24) is 19.6 Å². The van der Waals surface area contributed by atoms with Crippen LogP contribution in [0.5, 0.6) is 0 Å². The van der Waals surface area contributed by atoms with Crippen LogP contribution in [0.3, 0.4) is 0 Å². The predicted octanol–water partition coefficient (Wildman–Crippen LogP) is 9.28. The fourth-order valence-corrected chi connectivity index (χ4v) is 8.35. The van der Waals surface area contributed by atoms with Crippen LogP contribution in [0, 0.1) is 11.8 Å².